The molecule has 1 aromatic heterocycles. The van der Waals surface area contributed by atoms with Crippen LogP contribution in [0.25, 0.3) is 0 Å². The van der Waals surface area contributed by atoms with Crippen molar-refractivity contribution in [1.82, 2.24) is 9.36 Å². The molecule has 2 rings (SSSR count). The summed E-state index contributed by atoms with van der Waals surface area (Å²) in [6, 6.07) is 5.99. The third-order valence-corrected chi connectivity index (χ3v) is 4.12. The van der Waals surface area contributed by atoms with Gasteiger partial charge in [0, 0.05) is 18.1 Å². The number of aromatic nitrogens is 2. The molecule has 0 aliphatic carbocycles. The standard InChI is InChI=1S/C7H8O3S.C6H12N4S/c1-6-2-4-7(5-3-6)11(8,9)10;1-2-3-4-8-6-9-5(7)10-11-6/h2-5H,1H3,(H,8,9,10);2-4H2,1H3,(H3,7,8,9,10). The molecule has 0 aliphatic heterocycles. The monoisotopic (exact) mass is 344 g/mol. The quantitative estimate of drug-likeness (QED) is 0.563. The molecule has 1 heterocycles. The van der Waals surface area contributed by atoms with E-state index in [2.05, 4.69) is 21.6 Å². The molecule has 0 fully saturated rings. The van der Waals surface area contributed by atoms with Gasteiger partial charge in [-0.25, -0.2) is 0 Å². The van der Waals surface area contributed by atoms with Crippen LogP contribution in [0.4, 0.5) is 11.1 Å². The molecule has 7 nitrogen and oxygen atoms in total. The number of nitrogen functional groups attached to an aromatic ring is 1. The van der Waals surface area contributed by atoms with Gasteiger partial charge in [-0.1, -0.05) is 31.0 Å². The maximum absolute atomic E-state index is 10.5. The summed E-state index contributed by atoms with van der Waals surface area (Å²) in [4.78, 5) is 3.89. The molecule has 0 spiro atoms. The van der Waals surface area contributed by atoms with E-state index in [1.54, 1.807) is 12.1 Å². The second-order valence-corrected chi connectivity index (χ2v) is 6.70. The van der Waals surface area contributed by atoms with Gasteiger partial charge in [-0.3, -0.25) is 4.55 Å². The maximum atomic E-state index is 10.5. The minimum atomic E-state index is -4.02. The third kappa shape index (κ3) is 6.83. The van der Waals surface area contributed by atoms with E-state index >= 15 is 0 Å². The third-order valence-electron chi connectivity index (χ3n) is 2.57. The van der Waals surface area contributed by atoms with E-state index in [9.17, 15) is 8.42 Å². The highest BCUT2D eigenvalue weighted by molar-refractivity contribution is 7.85. The molecule has 0 saturated heterocycles. The number of nitrogens with two attached hydrogens (primary N) is 1. The molecule has 1 aromatic carbocycles. The van der Waals surface area contributed by atoms with Crippen molar-refractivity contribution in [3.8, 4) is 0 Å². The molecule has 9 heteroatoms. The molecule has 122 valence electrons. The minimum absolute atomic E-state index is 0.0666. The van der Waals surface area contributed by atoms with Crippen LogP contribution in [-0.2, 0) is 10.1 Å². The van der Waals surface area contributed by atoms with Crippen molar-refractivity contribution < 1.29 is 13.0 Å². The number of anilines is 2. The molecule has 0 amide bonds. The van der Waals surface area contributed by atoms with Gasteiger partial charge in [0.15, 0.2) is 0 Å². The predicted molar refractivity (Wildman–Crippen MR) is 88.7 cm³/mol. The topological polar surface area (TPSA) is 118 Å². The van der Waals surface area contributed by atoms with Gasteiger partial charge in [-0.15, -0.1) is 0 Å². The van der Waals surface area contributed by atoms with Crippen LogP contribution in [0.1, 0.15) is 25.3 Å². The highest BCUT2D eigenvalue weighted by atomic mass is 32.2. The number of unbranched alkanes of at least 4 members (excludes halogenated alkanes) is 1. The number of hydrogen-bond donors (Lipinski definition) is 3. The van der Waals surface area contributed by atoms with Crippen LogP contribution < -0.4 is 11.1 Å². The SMILES string of the molecule is CCCCNc1nc(N)ns1.Cc1ccc(S(=O)(=O)O)cc1. The van der Waals surface area contributed by atoms with Crippen LogP contribution >= 0.6 is 11.5 Å². The van der Waals surface area contributed by atoms with E-state index in [0.717, 1.165) is 23.7 Å². The Labute approximate surface area is 134 Å². The maximum Gasteiger partial charge on any atom is 0.294 e. The molecule has 0 radical (unpaired) electrons. The van der Waals surface area contributed by atoms with E-state index in [-0.39, 0.29) is 4.90 Å². The van der Waals surface area contributed by atoms with Crippen LogP contribution in [0, 0.1) is 6.92 Å². The fraction of sp³-hybridized carbons (Fsp3) is 0.385. The van der Waals surface area contributed by atoms with Gasteiger partial charge in [0.1, 0.15) is 0 Å². The summed E-state index contributed by atoms with van der Waals surface area (Å²) < 4.78 is 33.4. The van der Waals surface area contributed by atoms with Gasteiger partial charge in [0.2, 0.25) is 11.1 Å². The Balaban J connectivity index is 0.000000220. The molecular weight excluding hydrogens is 324 g/mol. The zero-order valence-corrected chi connectivity index (χ0v) is 14.1. The molecule has 4 N–H and O–H groups in total. The lowest BCUT2D eigenvalue weighted by Crippen LogP contribution is -2.00. The van der Waals surface area contributed by atoms with Crippen LogP contribution in [0.15, 0.2) is 29.2 Å². The first-order valence-electron chi connectivity index (χ1n) is 6.70. The van der Waals surface area contributed by atoms with Crippen molar-refractivity contribution in [2.45, 2.75) is 31.6 Å². The first-order chi connectivity index (χ1) is 10.3. The Morgan fingerprint density at radius 1 is 1.32 bits per heavy atom. The van der Waals surface area contributed by atoms with Crippen LogP contribution in [-0.4, -0.2) is 28.9 Å². The summed E-state index contributed by atoms with van der Waals surface area (Å²) >= 11 is 1.30. The van der Waals surface area contributed by atoms with Crippen molar-refractivity contribution in [1.29, 1.82) is 0 Å². The van der Waals surface area contributed by atoms with Crippen LogP contribution in [0.2, 0.25) is 0 Å². The Hall–Kier alpha value is -1.71. The number of aryl methyl sites for hydroxylation is 1. The second-order valence-electron chi connectivity index (χ2n) is 4.53. The van der Waals surface area contributed by atoms with Gasteiger partial charge in [0.25, 0.3) is 10.1 Å². The van der Waals surface area contributed by atoms with Gasteiger partial charge in [0.05, 0.1) is 4.90 Å². The lowest BCUT2D eigenvalue weighted by atomic mass is 10.2. The Morgan fingerprint density at radius 3 is 2.41 bits per heavy atom. The Bertz CT molecular complexity index is 669. The average molecular weight is 344 g/mol. The first-order valence-corrected chi connectivity index (χ1v) is 8.91. The fourth-order valence-corrected chi connectivity index (χ4v) is 2.39. The molecule has 0 aliphatic rings. The lowest BCUT2D eigenvalue weighted by Gasteiger charge is -1.97. The van der Waals surface area contributed by atoms with Crippen LogP contribution in [0.5, 0.6) is 0 Å². The van der Waals surface area contributed by atoms with E-state index in [0.29, 0.717) is 5.95 Å². The number of nitrogens with zero attached hydrogens (tertiary/aromatic N) is 2. The van der Waals surface area contributed by atoms with Crippen molar-refractivity contribution in [2.24, 2.45) is 0 Å². The molecule has 0 saturated carbocycles. The largest absolute Gasteiger partial charge is 0.367 e. The summed E-state index contributed by atoms with van der Waals surface area (Å²) in [6.07, 6.45) is 2.33. The highest BCUT2D eigenvalue weighted by Gasteiger charge is 2.06. The van der Waals surface area contributed by atoms with E-state index in [1.807, 2.05) is 6.92 Å². The molecular formula is C13H20N4O3S2. The number of nitrogens with one attached hydrogen (secondary N) is 1. The van der Waals surface area contributed by atoms with E-state index < -0.39 is 10.1 Å². The fourth-order valence-electron chi connectivity index (χ4n) is 1.39. The zero-order chi connectivity index (χ0) is 16.6. The zero-order valence-electron chi connectivity index (χ0n) is 12.5. The highest BCUT2D eigenvalue weighted by Crippen LogP contribution is 2.11. The van der Waals surface area contributed by atoms with Crippen molar-refractivity contribution >= 4 is 32.7 Å². The Kier molecular flexibility index (Phi) is 7.22. The summed E-state index contributed by atoms with van der Waals surface area (Å²) in [6.45, 7) is 4.94. The van der Waals surface area contributed by atoms with Gasteiger partial charge in [-0.2, -0.15) is 17.8 Å². The second kappa shape index (κ2) is 8.66. The van der Waals surface area contributed by atoms with Crippen molar-refractivity contribution in [2.75, 3.05) is 17.6 Å². The van der Waals surface area contributed by atoms with Crippen molar-refractivity contribution in [3.63, 3.8) is 0 Å². The summed E-state index contributed by atoms with van der Waals surface area (Å²) in [5.74, 6) is 0.356. The molecule has 0 atom stereocenters. The summed E-state index contributed by atoms with van der Waals surface area (Å²) in [5.41, 5.74) is 6.29. The van der Waals surface area contributed by atoms with Gasteiger partial charge in [-0.05, 0) is 25.5 Å². The van der Waals surface area contributed by atoms with Crippen LogP contribution in [0.3, 0.4) is 0 Å². The van der Waals surface area contributed by atoms with E-state index in [1.165, 1.54) is 30.1 Å². The molecule has 0 bridgehead atoms. The normalized spacial score (nSPS) is 10.7. The number of hydrogen-bond acceptors (Lipinski definition) is 7. The number of benzene rings is 1. The number of rotatable bonds is 5. The minimum Gasteiger partial charge on any atom is -0.367 e. The molecule has 0 unspecified atom stereocenters. The molecule has 22 heavy (non-hydrogen) atoms. The Morgan fingerprint density at radius 2 is 1.95 bits per heavy atom. The van der Waals surface area contributed by atoms with E-state index in [4.69, 9.17) is 10.3 Å². The summed E-state index contributed by atoms with van der Waals surface area (Å²) in [7, 11) is -4.02. The van der Waals surface area contributed by atoms with Gasteiger partial charge < -0.3 is 11.1 Å². The smallest absolute Gasteiger partial charge is 0.294 e. The first kappa shape index (κ1) is 18.3. The van der Waals surface area contributed by atoms with Gasteiger partial charge >= 0.3 is 0 Å². The molecule has 2 aromatic rings. The average Bonchev–Trinajstić information content (AvgIpc) is 2.85. The summed E-state index contributed by atoms with van der Waals surface area (Å²) in [5, 5.41) is 3.95. The lowest BCUT2D eigenvalue weighted by molar-refractivity contribution is 0.483. The predicted octanol–water partition coefficient (Wildman–Crippen LogP) is 2.57. The van der Waals surface area contributed by atoms with Crippen molar-refractivity contribution in [3.05, 3.63) is 29.8 Å².